The van der Waals surface area contributed by atoms with Gasteiger partial charge in [0.25, 0.3) is 5.95 Å². The quantitative estimate of drug-likeness (QED) is 0.745. The van der Waals surface area contributed by atoms with Crippen molar-refractivity contribution in [2.75, 3.05) is 26.8 Å². The zero-order chi connectivity index (χ0) is 15.1. The lowest BCUT2D eigenvalue weighted by atomic mass is 10.2. The molecule has 0 amide bonds. The van der Waals surface area contributed by atoms with Crippen molar-refractivity contribution in [2.24, 2.45) is 0 Å². The van der Waals surface area contributed by atoms with Crippen LogP contribution in [-0.4, -0.2) is 46.6 Å². The van der Waals surface area contributed by atoms with Crippen LogP contribution in [0.5, 0.6) is 0 Å². The van der Waals surface area contributed by atoms with Gasteiger partial charge in [0.15, 0.2) is 0 Å². The summed E-state index contributed by atoms with van der Waals surface area (Å²) in [5, 5.41) is 7.68. The third-order valence-corrected chi connectivity index (χ3v) is 3.11. The summed E-state index contributed by atoms with van der Waals surface area (Å²) in [6, 6.07) is 1.96. The molecule has 1 N–H and O–H groups in total. The molecule has 0 saturated carbocycles. The molecule has 0 aliphatic heterocycles. The van der Waals surface area contributed by atoms with Gasteiger partial charge in [0, 0.05) is 31.2 Å². The van der Waals surface area contributed by atoms with Crippen molar-refractivity contribution in [1.82, 2.24) is 25.1 Å². The van der Waals surface area contributed by atoms with E-state index < -0.39 is 0 Å². The number of aromatic nitrogens is 4. The molecule has 0 unspecified atom stereocenters. The summed E-state index contributed by atoms with van der Waals surface area (Å²) in [5.41, 5.74) is 3.11. The third-order valence-electron chi connectivity index (χ3n) is 3.11. The van der Waals surface area contributed by atoms with Crippen LogP contribution in [0.4, 0.5) is 0 Å². The monoisotopic (exact) mass is 289 g/mol. The van der Waals surface area contributed by atoms with Gasteiger partial charge in [0.2, 0.25) is 0 Å². The van der Waals surface area contributed by atoms with Crippen LogP contribution in [0, 0.1) is 13.8 Å². The SMILES string of the molecule is COCCNCCCc1cnn(-c2nc(C)cc(C)n2)c1. The molecule has 6 nitrogen and oxygen atoms in total. The molecule has 2 heterocycles. The highest BCUT2D eigenvalue weighted by Crippen LogP contribution is 2.07. The summed E-state index contributed by atoms with van der Waals surface area (Å²) in [4.78, 5) is 8.82. The zero-order valence-electron chi connectivity index (χ0n) is 13.0. The smallest absolute Gasteiger partial charge is 0.250 e. The average molecular weight is 289 g/mol. The Bertz CT molecular complexity index is 547. The normalized spacial score (nSPS) is 11.0. The fraction of sp³-hybridized carbons (Fsp3) is 0.533. The van der Waals surface area contributed by atoms with Gasteiger partial charge in [-0.1, -0.05) is 0 Å². The van der Waals surface area contributed by atoms with E-state index in [-0.39, 0.29) is 0 Å². The summed E-state index contributed by atoms with van der Waals surface area (Å²) in [6.07, 6.45) is 5.95. The zero-order valence-corrected chi connectivity index (χ0v) is 13.0. The van der Waals surface area contributed by atoms with E-state index in [0.29, 0.717) is 5.95 Å². The number of hydrogen-bond acceptors (Lipinski definition) is 5. The minimum Gasteiger partial charge on any atom is -0.383 e. The van der Waals surface area contributed by atoms with E-state index in [2.05, 4.69) is 20.4 Å². The fourth-order valence-corrected chi connectivity index (χ4v) is 2.13. The predicted octanol–water partition coefficient (Wildman–Crippen LogP) is 1.45. The average Bonchev–Trinajstić information content (AvgIpc) is 2.90. The van der Waals surface area contributed by atoms with Crippen LogP contribution in [-0.2, 0) is 11.2 Å². The maximum absolute atomic E-state index is 4.99. The lowest BCUT2D eigenvalue weighted by molar-refractivity contribution is 0.199. The second kappa shape index (κ2) is 7.85. The van der Waals surface area contributed by atoms with Gasteiger partial charge >= 0.3 is 0 Å². The summed E-state index contributed by atoms with van der Waals surface area (Å²) in [5.74, 6) is 0.636. The molecule has 0 spiro atoms. The van der Waals surface area contributed by atoms with E-state index in [0.717, 1.165) is 43.9 Å². The largest absolute Gasteiger partial charge is 0.383 e. The van der Waals surface area contributed by atoms with E-state index >= 15 is 0 Å². The van der Waals surface area contributed by atoms with Crippen LogP contribution in [0.3, 0.4) is 0 Å². The van der Waals surface area contributed by atoms with Gasteiger partial charge in [-0.25, -0.2) is 14.6 Å². The summed E-state index contributed by atoms with van der Waals surface area (Å²) >= 11 is 0. The topological polar surface area (TPSA) is 64.9 Å². The van der Waals surface area contributed by atoms with Gasteiger partial charge in [-0.2, -0.15) is 5.10 Å². The van der Waals surface area contributed by atoms with Gasteiger partial charge in [0.1, 0.15) is 0 Å². The highest BCUT2D eigenvalue weighted by molar-refractivity contribution is 5.19. The van der Waals surface area contributed by atoms with Crippen molar-refractivity contribution in [3.05, 3.63) is 35.4 Å². The summed E-state index contributed by atoms with van der Waals surface area (Å²) in [6.45, 7) is 6.56. The Labute approximate surface area is 125 Å². The molecule has 0 aliphatic rings. The minimum atomic E-state index is 0.636. The van der Waals surface area contributed by atoms with E-state index in [4.69, 9.17) is 4.74 Å². The van der Waals surface area contributed by atoms with Crippen LogP contribution in [0.2, 0.25) is 0 Å². The molecule has 0 aliphatic carbocycles. The molecule has 0 fully saturated rings. The lowest BCUT2D eigenvalue weighted by Gasteiger charge is -2.03. The van der Waals surface area contributed by atoms with Crippen molar-refractivity contribution in [3.8, 4) is 5.95 Å². The molecule has 0 saturated heterocycles. The first-order valence-corrected chi connectivity index (χ1v) is 7.25. The number of nitrogens with zero attached hydrogens (tertiary/aromatic N) is 4. The Kier molecular flexibility index (Phi) is 5.83. The molecule has 2 rings (SSSR count). The van der Waals surface area contributed by atoms with Crippen molar-refractivity contribution in [3.63, 3.8) is 0 Å². The maximum atomic E-state index is 4.99. The van der Waals surface area contributed by atoms with E-state index in [1.165, 1.54) is 5.56 Å². The molecule has 0 radical (unpaired) electrons. The highest BCUT2D eigenvalue weighted by Gasteiger charge is 2.05. The van der Waals surface area contributed by atoms with Gasteiger partial charge in [-0.05, 0) is 44.9 Å². The number of hydrogen-bond donors (Lipinski definition) is 1. The second-order valence-electron chi connectivity index (χ2n) is 5.09. The molecule has 21 heavy (non-hydrogen) atoms. The number of nitrogens with one attached hydrogen (secondary N) is 1. The Morgan fingerprint density at radius 2 is 1.95 bits per heavy atom. The number of aryl methyl sites for hydroxylation is 3. The standard InChI is InChI=1S/C15H23N5O/c1-12-9-13(2)19-15(18-12)20-11-14(10-17-20)5-4-6-16-7-8-21-3/h9-11,16H,4-8H2,1-3H3. The van der Waals surface area contributed by atoms with Crippen molar-refractivity contribution >= 4 is 0 Å². The lowest BCUT2D eigenvalue weighted by Crippen LogP contribution is -2.20. The second-order valence-corrected chi connectivity index (χ2v) is 5.09. The van der Waals surface area contributed by atoms with Crippen molar-refractivity contribution in [2.45, 2.75) is 26.7 Å². The van der Waals surface area contributed by atoms with Crippen LogP contribution < -0.4 is 5.32 Å². The van der Waals surface area contributed by atoms with Gasteiger partial charge in [0.05, 0.1) is 12.8 Å². The van der Waals surface area contributed by atoms with E-state index in [1.54, 1.807) is 11.8 Å². The number of rotatable bonds is 8. The first-order valence-electron chi connectivity index (χ1n) is 7.25. The molecule has 2 aromatic heterocycles. The van der Waals surface area contributed by atoms with Crippen molar-refractivity contribution in [1.29, 1.82) is 0 Å². The molecule has 114 valence electrons. The molecule has 0 bridgehead atoms. The molecule has 0 aromatic carbocycles. The third kappa shape index (κ3) is 4.91. The van der Waals surface area contributed by atoms with Crippen LogP contribution >= 0.6 is 0 Å². The van der Waals surface area contributed by atoms with Crippen LogP contribution in [0.25, 0.3) is 5.95 Å². The van der Waals surface area contributed by atoms with Crippen LogP contribution in [0.1, 0.15) is 23.4 Å². The number of ether oxygens (including phenoxy) is 1. The first-order chi connectivity index (χ1) is 10.2. The van der Waals surface area contributed by atoms with Gasteiger partial charge in [-0.15, -0.1) is 0 Å². The fourth-order valence-electron chi connectivity index (χ4n) is 2.13. The molecule has 0 atom stereocenters. The molecule has 2 aromatic rings. The predicted molar refractivity (Wildman–Crippen MR) is 81.7 cm³/mol. The number of methoxy groups -OCH3 is 1. The molecular weight excluding hydrogens is 266 g/mol. The Hall–Kier alpha value is -1.79. The maximum Gasteiger partial charge on any atom is 0.250 e. The summed E-state index contributed by atoms with van der Waals surface area (Å²) < 4.78 is 6.73. The first kappa shape index (κ1) is 15.6. The van der Waals surface area contributed by atoms with Gasteiger partial charge < -0.3 is 10.1 Å². The Balaban J connectivity index is 1.86. The van der Waals surface area contributed by atoms with E-state index in [1.807, 2.05) is 32.3 Å². The van der Waals surface area contributed by atoms with Crippen LogP contribution in [0.15, 0.2) is 18.5 Å². The minimum absolute atomic E-state index is 0.636. The Morgan fingerprint density at radius 1 is 1.19 bits per heavy atom. The molecule has 6 heteroatoms. The molecular formula is C15H23N5O. The van der Waals surface area contributed by atoms with Gasteiger partial charge in [-0.3, -0.25) is 0 Å². The highest BCUT2D eigenvalue weighted by atomic mass is 16.5. The van der Waals surface area contributed by atoms with Crippen molar-refractivity contribution < 1.29 is 4.74 Å². The van der Waals surface area contributed by atoms with E-state index in [9.17, 15) is 0 Å². The summed E-state index contributed by atoms with van der Waals surface area (Å²) in [7, 11) is 1.71. The Morgan fingerprint density at radius 3 is 2.67 bits per heavy atom.